The largest absolute Gasteiger partial charge is 0.497 e. The van der Waals surface area contributed by atoms with Crippen LogP contribution < -0.4 is 14.2 Å². The number of methoxy groups -OCH3 is 2. The van der Waals surface area contributed by atoms with E-state index in [9.17, 15) is 13.2 Å². The van der Waals surface area contributed by atoms with Gasteiger partial charge in [-0.25, -0.2) is 9.97 Å². The Labute approximate surface area is 224 Å². The molecule has 6 rings (SSSR count). The molecule has 0 atom stereocenters. The summed E-state index contributed by atoms with van der Waals surface area (Å²) in [6.07, 6.45) is -1.95. The Kier molecular flexibility index (Phi) is 6.15. The molecule has 0 saturated carbocycles. The summed E-state index contributed by atoms with van der Waals surface area (Å²) in [4.78, 5) is 9.10. The van der Waals surface area contributed by atoms with E-state index in [-0.39, 0.29) is 6.61 Å². The minimum absolute atomic E-state index is 0.212. The molecule has 0 saturated heterocycles. The molecule has 4 heterocycles. The van der Waals surface area contributed by atoms with Crippen molar-refractivity contribution in [1.82, 2.24) is 14.4 Å². The van der Waals surface area contributed by atoms with Gasteiger partial charge in [-0.15, -0.1) is 11.3 Å². The van der Waals surface area contributed by atoms with Crippen LogP contribution in [0.25, 0.3) is 38.6 Å². The van der Waals surface area contributed by atoms with Crippen LogP contribution in [-0.4, -0.2) is 28.6 Å². The Balaban J connectivity index is 1.28. The number of hydrogen-bond acceptors (Lipinski definition) is 7. The van der Waals surface area contributed by atoms with E-state index in [1.807, 2.05) is 29.6 Å². The minimum Gasteiger partial charge on any atom is -0.497 e. The Morgan fingerprint density at radius 2 is 1.72 bits per heavy atom. The maximum absolute atomic E-state index is 13.1. The summed E-state index contributed by atoms with van der Waals surface area (Å²) in [6, 6.07) is 15.2. The zero-order valence-electron chi connectivity index (χ0n) is 20.7. The summed E-state index contributed by atoms with van der Waals surface area (Å²) in [5.41, 5.74) is 2.21. The predicted molar refractivity (Wildman–Crippen MR) is 140 cm³/mol. The molecule has 0 aliphatic carbocycles. The Morgan fingerprint density at radius 1 is 0.923 bits per heavy atom. The SMILES string of the molecule is COc1ccc(-c2nc(COc3cc(OC)cc4oc(-c5cn6cc(C(F)(F)F)ccc6n5)cc34)cs2)cc1. The number of pyridine rings is 1. The molecule has 0 unspecified atom stereocenters. The van der Waals surface area contributed by atoms with Gasteiger partial charge < -0.3 is 23.0 Å². The van der Waals surface area contributed by atoms with Crippen molar-refractivity contribution in [1.29, 1.82) is 0 Å². The Hall–Kier alpha value is -4.51. The number of imidazole rings is 1. The van der Waals surface area contributed by atoms with Gasteiger partial charge >= 0.3 is 6.18 Å². The number of furan rings is 1. The third kappa shape index (κ3) is 4.88. The molecule has 0 radical (unpaired) electrons. The molecule has 0 amide bonds. The van der Waals surface area contributed by atoms with Gasteiger partial charge in [-0.1, -0.05) is 0 Å². The van der Waals surface area contributed by atoms with Crippen LogP contribution in [0.3, 0.4) is 0 Å². The van der Waals surface area contributed by atoms with Crippen LogP contribution in [0.15, 0.2) is 76.8 Å². The van der Waals surface area contributed by atoms with Crippen LogP contribution in [0, 0.1) is 0 Å². The molecule has 6 aromatic rings. The number of halogens is 3. The molecular weight excluding hydrogens is 531 g/mol. The average molecular weight is 552 g/mol. The minimum atomic E-state index is -4.45. The first-order chi connectivity index (χ1) is 18.8. The topological polar surface area (TPSA) is 71.0 Å². The van der Waals surface area contributed by atoms with Crippen molar-refractivity contribution in [3.05, 3.63) is 83.6 Å². The van der Waals surface area contributed by atoms with Crippen LogP contribution >= 0.6 is 11.3 Å². The Morgan fingerprint density at radius 3 is 2.46 bits per heavy atom. The maximum Gasteiger partial charge on any atom is 0.417 e. The number of thiazole rings is 1. The molecule has 0 fully saturated rings. The van der Waals surface area contributed by atoms with Gasteiger partial charge in [0.05, 0.1) is 30.9 Å². The Bertz CT molecular complexity index is 1790. The van der Waals surface area contributed by atoms with E-state index in [0.717, 1.165) is 34.3 Å². The fraction of sp³-hybridized carbons (Fsp3) is 0.143. The van der Waals surface area contributed by atoms with E-state index >= 15 is 0 Å². The number of rotatable bonds is 7. The zero-order chi connectivity index (χ0) is 27.1. The molecule has 0 aliphatic heterocycles. The van der Waals surface area contributed by atoms with E-state index in [1.165, 1.54) is 35.1 Å². The first kappa shape index (κ1) is 24.8. The third-order valence-electron chi connectivity index (χ3n) is 6.10. The summed E-state index contributed by atoms with van der Waals surface area (Å²) in [5, 5.41) is 3.46. The first-order valence-corrected chi connectivity index (χ1v) is 12.6. The molecule has 198 valence electrons. The number of benzene rings is 2. The molecule has 7 nitrogen and oxygen atoms in total. The molecule has 2 aromatic carbocycles. The quantitative estimate of drug-likeness (QED) is 0.205. The fourth-order valence-electron chi connectivity index (χ4n) is 4.12. The van der Waals surface area contributed by atoms with Crippen molar-refractivity contribution in [3.63, 3.8) is 0 Å². The molecule has 0 bridgehead atoms. The van der Waals surface area contributed by atoms with Gasteiger partial charge in [0.15, 0.2) is 5.76 Å². The lowest BCUT2D eigenvalue weighted by Gasteiger charge is -2.08. The molecule has 0 aliphatic rings. The van der Waals surface area contributed by atoms with E-state index in [0.29, 0.717) is 39.6 Å². The lowest BCUT2D eigenvalue weighted by molar-refractivity contribution is -0.137. The van der Waals surface area contributed by atoms with Crippen LogP contribution in [0.4, 0.5) is 13.2 Å². The number of aromatic nitrogens is 3. The van der Waals surface area contributed by atoms with Crippen LogP contribution in [0.5, 0.6) is 17.2 Å². The third-order valence-corrected chi connectivity index (χ3v) is 7.04. The first-order valence-electron chi connectivity index (χ1n) is 11.7. The number of hydrogen-bond donors (Lipinski definition) is 0. The highest BCUT2D eigenvalue weighted by atomic mass is 32.1. The molecule has 11 heteroatoms. The van der Waals surface area contributed by atoms with Crippen molar-refractivity contribution >= 4 is 28.0 Å². The molecule has 0 N–H and O–H groups in total. The van der Waals surface area contributed by atoms with Crippen molar-refractivity contribution in [3.8, 4) is 39.3 Å². The number of fused-ring (bicyclic) bond motifs is 2. The van der Waals surface area contributed by atoms with Crippen molar-refractivity contribution in [2.45, 2.75) is 12.8 Å². The van der Waals surface area contributed by atoms with Gasteiger partial charge in [0.2, 0.25) is 0 Å². The summed E-state index contributed by atoms with van der Waals surface area (Å²) < 4.78 is 63.5. The summed E-state index contributed by atoms with van der Waals surface area (Å²) >= 11 is 1.51. The van der Waals surface area contributed by atoms with Gasteiger partial charge in [0.25, 0.3) is 0 Å². The van der Waals surface area contributed by atoms with Gasteiger partial charge in [0, 0.05) is 35.5 Å². The van der Waals surface area contributed by atoms with Crippen molar-refractivity contribution in [2.24, 2.45) is 0 Å². The standard InChI is InChI=1S/C28H20F3N3O4S/c1-35-19-6-3-16(4-7-19)27-32-18(15-39-27)14-37-23-9-20(36-2)10-24-21(23)11-25(38-24)22-13-34-12-17(28(29,30)31)5-8-26(34)33-22/h3-13,15H,14H2,1-2H3. The van der Waals surface area contributed by atoms with Gasteiger partial charge in [0.1, 0.15) is 45.8 Å². The van der Waals surface area contributed by atoms with E-state index in [4.69, 9.17) is 18.6 Å². The van der Waals surface area contributed by atoms with Crippen LogP contribution in [-0.2, 0) is 12.8 Å². The van der Waals surface area contributed by atoms with Gasteiger partial charge in [-0.05, 0) is 42.5 Å². The molecular formula is C28H20F3N3O4S. The predicted octanol–water partition coefficient (Wildman–Crippen LogP) is 7.49. The van der Waals surface area contributed by atoms with Crippen molar-refractivity contribution in [2.75, 3.05) is 14.2 Å². The zero-order valence-corrected chi connectivity index (χ0v) is 21.5. The highest BCUT2D eigenvalue weighted by Crippen LogP contribution is 2.38. The lowest BCUT2D eigenvalue weighted by Crippen LogP contribution is -2.05. The van der Waals surface area contributed by atoms with Crippen molar-refractivity contribution < 1.29 is 31.8 Å². The summed E-state index contributed by atoms with van der Waals surface area (Å²) in [5.74, 6) is 2.20. The highest BCUT2D eigenvalue weighted by molar-refractivity contribution is 7.13. The fourth-order valence-corrected chi connectivity index (χ4v) is 4.93. The highest BCUT2D eigenvalue weighted by Gasteiger charge is 2.31. The number of nitrogens with zero attached hydrogens (tertiary/aromatic N) is 3. The number of alkyl halides is 3. The monoisotopic (exact) mass is 551 g/mol. The molecule has 0 spiro atoms. The molecule has 39 heavy (non-hydrogen) atoms. The maximum atomic E-state index is 13.1. The average Bonchev–Trinajstić information content (AvgIpc) is 3.68. The summed E-state index contributed by atoms with van der Waals surface area (Å²) in [6.45, 7) is 0.212. The van der Waals surface area contributed by atoms with E-state index in [2.05, 4.69) is 9.97 Å². The van der Waals surface area contributed by atoms with Gasteiger partial charge in [-0.2, -0.15) is 13.2 Å². The second-order valence-corrected chi connectivity index (χ2v) is 9.47. The lowest BCUT2D eigenvalue weighted by atomic mass is 10.2. The van der Waals surface area contributed by atoms with Gasteiger partial charge in [-0.3, -0.25) is 0 Å². The summed E-state index contributed by atoms with van der Waals surface area (Å²) in [7, 11) is 3.16. The smallest absolute Gasteiger partial charge is 0.417 e. The van der Waals surface area contributed by atoms with E-state index in [1.54, 1.807) is 25.3 Å². The van der Waals surface area contributed by atoms with Crippen LogP contribution in [0.1, 0.15) is 11.3 Å². The van der Waals surface area contributed by atoms with Crippen LogP contribution in [0.2, 0.25) is 0 Å². The second kappa shape index (κ2) is 9.66. The molecule has 4 aromatic heterocycles. The normalized spacial score (nSPS) is 11.8. The van der Waals surface area contributed by atoms with E-state index < -0.39 is 11.7 Å². The number of ether oxygens (including phenoxy) is 3. The second-order valence-electron chi connectivity index (χ2n) is 8.62.